The van der Waals surface area contributed by atoms with Crippen LogP contribution >= 0.6 is 0 Å². The van der Waals surface area contributed by atoms with Gasteiger partial charge in [0.05, 0.1) is 0 Å². The predicted molar refractivity (Wildman–Crippen MR) is 81.5 cm³/mol. The van der Waals surface area contributed by atoms with E-state index >= 15 is 0 Å². The summed E-state index contributed by atoms with van der Waals surface area (Å²) in [6.07, 6.45) is 10.2. The van der Waals surface area contributed by atoms with E-state index in [1.54, 1.807) is 0 Å². The molecule has 0 N–H and O–H groups in total. The van der Waals surface area contributed by atoms with Crippen LogP contribution in [0.25, 0.3) is 12.2 Å². The zero-order chi connectivity index (χ0) is 13.7. The fourth-order valence-electron chi connectivity index (χ4n) is 1.50. The van der Waals surface area contributed by atoms with Crippen LogP contribution in [-0.4, -0.2) is 4.57 Å². The molecule has 1 heteroatoms. The van der Waals surface area contributed by atoms with Gasteiger partial charge >= 0.3 is 0 Å². The number of aromatic nitrogens is 1. The van der Waals surface area contributed by atoms with Crippen LogP contribution < -0.4 is 10.6 Å². The summed E-state index contributed by atoms with van der Waals surface area (Å²) >= 11 is 0. The lowest BCUT2D eigenvalue weighted by Gasteiger charge is -1.91. The Kier molecular flexibility index (Phi) is 14.2. The molecular weight excluding hydrogens is 206 g/mol. The number of rotatable bonds is 3. The van der Waals surface area contributed by atoms with Crippen molar-refractivity contribution in [2.45, 2.75) is 60.8 Å². The molecule has 17 heavy (non-hydrogen) atoms. The van der Waals surface area contributed by atoms with E-state index in [0.29, 0.717) is 0 Å². The molecule has 0 aromatic carbocycles. The topological polar surface area (TPSA) is 4.93 Å². The summed E-state index contributed by atoms with van der Waals surface area (Å²) in [5, 5.41) is 2.74. The van der Waals surface area contributed by atoms with Crippen molar-refractivity contribution in [1.82, 2.24) is 4.57 Å². The monoisotopic (exact) mass is 237 g/mol. The van der Waals surface area contributed by atoms with Gasteiger partial charge in [0.25, 0.3) is 0 Å². The van der Waals surface area contributed by atoms with E-state index in [4.69, 9.17) is 0 Å². The molecule has 1 heterocycles. The Morgan fingerprint density at radius 2 is 1.65 bits per heavy atom. The van der Waals surface area contributed by atoms with Crippen LogP contribution in [0, 0.1) is 0 Å². The van der Waals surface area contributed by atoms with E-state index in [0.717, 1.165) is 6.42 Å². The number of hydrogen-bond acceptors (Lipinski definition) is 0. The quantitative estimate of drug-likeness (QED) is 0.752. The molecule has 0 aliphatic rings. The van der Waals surface area contributed by atoms with Gasteiger partial charge in [0.1, 0.15) is 0 Å². The second kappa shape index (κ2) is 13.1. The highest BCUT2D eigenvalue weighted by molar-refractivity contribution is 5.29. The molecule has 1 rings (SSSR count). The number of aryl methyl sites for hydroxylation is 1. The van der Waals surface area contributed by atoms with E-state index in [-0.39, 0.29) is 0 Å². The highest BCUT2D eigenvalue weighted by atomic mass is 14.9. The van der Waals surface area contributed by atoms with Crippen LogP contribution in [0.1, 0.15) is 60.8 Å². The fourth-order valence-corrected chi connectivity index (χ4v) is 1.50. The molecule has 0 unspecified atom stereocenters. The molecule has 1 aromatic heterocycles. The maximum absolute atomic E-state index is 2.32. The highest BCUT2D eigenvalue weighted by Crippen LogP contribution is 1.86. The summed E-state index contributed by atoms with van der Waals surface area (Å²) in [5.41, 5.74) is 0. The molecule has 0 bridgehead atoms. The molecule has 0 spiro atoms. The van der Waals surface area contributed by atoms with Gasteiger partial charge in [-0.25, -0.2) is 0 Å². The van der Waals surface area contributed by atoms with Gasteiger partial charge in [-0.15, -0.1) is 0 Å². The zero-order valence-electron chi connectivity index (χ0n) is 12.9. The molecular formula is C16H31N. The number of unbranched alkanes of at least 4 members (excludes halogenated alkanes) is 1. The number of nitrogens with zero attached hydrogens (tertiary/aromatic N) is 1. The molecule has 1 aromatic rings. The average Bonchev–Trinajstić information content (AvgIpc) is 2.73. The van der Waals surface area contributed by atoms with E-state index in [1.807, 2.05) is 27.7 Å². The SMILES string of the molecule is CC.CC.CC/C=c1/ccn(C)/c1=C/CCC. The smallest absolute Gasteiger partial charge is 0.0433 e. The predicted octanol–water partition coefficient (Wildman–Crippen LogP) is 3.85. The lowest BCUT2D eigenvalue weighted by molar-refractivity contribution is 0.876. The van der Waals surface area contributed by atoms with Crippen molar-refractivity contribution in [2.24, 2.45) is 7.05 Å². The Balaban J connectivity index is 0. The standard InChI is InChI=1S/C12H19N.2C2H6/c1-4-6-8-12-11(7-5-2)9-10-13(12)3;2*1-2/h7-10H,4-6H2,1-3H3;2*1-2H3/b11-7-,12-8+;;. The van der Waals surface area contributed by atoms with Gasteiger partial charge in [-0.1, -0.05) is 60.1 Å². The van der Waals surface area contributed by atoms with Crippen LogP contribution in [0.15, 0.2) is 12.3 Å². The summed E-state index contributed by atoms with van der Waals surface area (Å²) in [5.74, 6) is 0. The lowest BCUT2D eigenvalue weighted by Crippen LogP contribution is -2.27. The maximum atomic E-state index is 2.32. The van der Waals surface area contributed by atoms with E-state index in [2.05, 4.69) is 49.9 Å². The van der Waals surface area contributed by atoms with Crippen molar-refractivity contribution in [1.29, 1.82) is 0 Å². The van der Waals surface area contributed by atoms with Crippen molar-refractivity contribution in [3.05, 3.63) is 22.8 Å². The van der Waals surface area contributed by atoms with Crippen molar-refractivity contribution >= 4 is 12.2 Å². The molecule has 0 radical (unpaired) electrons. The van der Waals surface area contributed by atoms with Crippen LogP contribution in [0.4, 0.5) is 0 Å². The van der Waals surface area contributed by atoms with Gasteiger partial charge in [0.15, 0.2) is 0 Å². The van der Waals surface area contributed by atoms with E-state index in [9.17, 15) is 0 Å². The minimum Gasteiger partial charge on any atom is -0.351 e. The van der Waals surface area contributed by atoms with Crippen LogP contribution in [0.5, 0.6) is 0 Å². The van der Waals surface area contributed by atoms with E-state index < -0.39 is 0 Å². The molecule has 0 atom stereocenters. The van der Waals surface area contributed by atoms with Gasteiger partial charge in [-0.2, -0.15) is 0 Å². The Morgan fingerprint density at radius 3 is 2.12 bits per heavy atom. The Hall–Kier alpha value is -0.980. The van der Waals surface area contributed by atoms with Gasteiger partial charge in [-0.05, 0) is 24.1 Å². The maximum Gasteiger partial charge on any atom is 0.0433 e. The molecule has 0 aliphatic carbocycles. The van der Waals surface area contributed by atoms with Crippen molar-refractivity contribution in [3.63, 3.8) is 0 Å². The fraction of sp³-hybridized carbons (Fsp3) is 0.625. The zero-order valence-corrected chi connectivity index (χ0v) is 12.9. The molecule has 0 saturated heterocycles. The van der Waals surface area contributed by atoms with Crippen molar-refractivity contribution in [2.75, 3.05) is 0 Å². The molecule has 0 amide bonds. The minimum absolute atomic E-state index is 1.11. The second-order valence-electron chi connectivity index (χ2n) is 3.37. The molecule has 0 saturated carbocycles. The van der Waals surface area contributed by atoms with Crippen molar-refractivity contribution in [3.8, 4) is 0 Å². The second-order valence-corrected chi connectivity index (χ2v) is 3.37. The van der Waals surface area contributed by atoms with Gasteiger partial charge in [0, 0.05) is 18.6 Å². The normalized spacial score (nSPS) is 11.5. The third-order valence-electron chi connectivity index (χ3n) is 2.20. The minimum atomic E-state index is 1.11. The third-order valence-corrected chi connectivity index (χ3v) is 2.20. The molecule has 0 aliphatic heterocycles. The highest BCUT2D eigenvalue weighted by Gasteiger charge is 1.89. The Morgan fingerprint density at radius 1 is 1.06 bits per heavy atom. The molecule has 100 valence electrons. The van der Waals surface area contributed by atoms with Gasteiger partial charge in [0.2, 0.25) is 0 Å². The first-order valence-electron chi connectivity index (χ1n) is 7.11. The largest absolute Gasteiger partial charge is 0.351 e. The molecule has 1 nitrogen and oxygen atoms in total. The van der Waals surface area contributed by atoms with Gasteiger partial charge < -0.3 is 4.57 Å². The van der Waals surface area contributed by atoms with Crippen LogP contribution in [0.3, 0.4) is 0 Å². The van der Waals surface area contributed by atoms with Crippen LogP contribution in [-0.2, 0) is 7.05 Å². The van der Waals surface area contributed by atoms with E-state index in [1.165, 1.54) is 23.4 Å². The summed E-state index contributed by atoms with van der Waals surface area (Å²) < 4.78 is 2.19. The van der Waals surface area contributed by atoms with Gasteiger partial charge in [-0.3, -0.25) is 0 Å². The first-order valence-corrected chi connectivity index (χ1v) is 7.11. The Bertz CT molecular complexity index is 357. The Labute approximate surface area is 108 Å². The first-order chi connectivity index (χ1) is 8.29. The summed E-state index contributed by atoms with van der Waals surface area (Å²) in [6, 6.07) is 2.19. The lowest BCUT2D eigenvalue weighted by atomic mass is 10.3. The molecule has 0 fully saturated rings. The average molecular weight is 237 g/mol. The number of hydrogen-bond donors (Lipinski definition) is 0. The summed E-state index contributed by atoms with van der Waals surface area (Å²) in [7, 11) is 2.11. The van der Waals surface area contributed by atoms with Crippen molar-refractivity contribution < 1.29 is 0 Å². The first kappa shape index (κ1) is 18.4. The third kappa shape index (κ3) is 7.04. The summed E-state index contributed by atoms with van der Waals surface area (Å²) in [6.45, 7) is 12.4. The summed E-state index contributed by atoms with van der Waals surface area (Å²) in [4.78, 5) is 0. The van der Waals surface area contributed by atoms with Crippen LogP contribution in [0.2, 0.25) is 0 Å².